The Kier molecular flexibility index (Phi) is 2.94. The average Bonchev–Trinajstić information content (AvgIpc) is 1.94. The Morgan fingerprint density at radius 3 is 2.45 bits per heavy atom. The molecule has 2 heteroatoms. The Hall–Kier alpha value is -0.0400. The molecule has 1 aliphatic rings. The molecule has 0 saturated heterocycles. The molecule has 1 nitrogen and oxygen atoms in total. The highest BCUT2D eigenvalue weighted by Crippen LogP contribution is 2.34. The van der Waals surface area contributed by atoms with Crippen LogP contribution in [0.25, 0.3) is 0 Å². The van der Waals surface area contributed by atoms with E-state index in [1.54, 1.807) is 0 Å². The highest BCUT2D eigenvalue weighted by molar-refractivity contribution is 6.64. The summed E-state index contributed by atoms with van der Waals surface area (Å²) in [5, 5.41) is -0.135. The lowest BCUT2D eigenvalue weighted by molar-refractivity contribution is -0.117. The number of rotatable bonds is 1. The monoisotopic (exact) mass is 174 g/mol. The number of halogens is 1. The molecule has 0 aromatic carbocycles. The molecule has 0 aliphatic heterocycles. The molecule has 64 valence electrons. The summed E-state index contributed by atoms with van der Waals surface area (Å²) in [6.07, 6.45) is 3.40. The molecule has 1 fully saturated rings. The first-order valence-electron chi connectivity index (χ1n) is 4.30. The molecule has 0 heterocycles. The van der Waals surface area contributed by atoms with E-state index in [0.29, 0.717) is 11.8 Å². The molecule has 1 rings (SSSR count). The smallest absolute Gasteiger partial charge is 0.224 e. The summed E-state index contributed by atoms with van der Waals surface area (Å²) in [4.78, 5) is 10.9. The van der Waals surface area contributed by atoms with Gasteiger partial charge in [0.25, 0.3) is 0 Å². The fourth-order valence-electron chi connectivity index (χ4n) is 1.85. The van der Waals surface area contributed by atoms with E-state index in [2.05, 4.69) is 13.8 Å². The summed E-state index contributed by atoms with van der Waals surface area (Å²) in [5.74, 6) is 1.30. The maximum Gasteiger partial charge on any atom is 0.224 e. The van der Waals surface area contributed by atoms with Crippen LogP contribution in [-0.2, 0) is 4.79 Å². The van der Waals surface area contributed by atoms with Gasteiger partial charge in [0, 0.05) is 5.92 Å². The van der Waals surface area contributed by atoms with E-state index < -0.39 is 0 Å². The van der Waals surface area contributed by atoms with Crippen molar-refractivity contribution in [2.75, 3.05) is 0 Å². The van der Waals surface area contributed by atoms with E-state index in [-0.39, 0.29) is 11.2 Å². The van der Waals surface area contributed by atoms with E-state index in [9.17, 15) is 4.79 Å². The van der Waals surface area contributed by atoms with Gasteiger partial charge in [-0.05, 0) is 36.3 Å². The number of hydrogen-bond donors (Lipinski definition) is 0. The summed E-state index contributed by atoms with van der Waals surface area (Å²) >= 11 is 5.48. The van der Waals surface area contributed by atoms with Gasteiger partial charge in [-0.1, -0.05) is 20.3 Å². The molecule has 0 bridgehead atoms. The molecule has 1 saturated carbocycles. The van der Waals surface area contributed by atoms with Crippen LogP contribution in [0.2, 0.25) is 0 Å². The third-order valence-corrected chi connectivity index (χ3v) is 3.03. The maximum atomic E-state index is 10.9. The van der Waals surface area contributed by atoms with Crippen LogP contribution in [0.1, 0.15) is 33.1 Å². The molecule has 0 N–H and O–H groups in total. The van der Waals surface area contributed by atoms with Gasteiger partial charge in [0.05, 0.1) is 0 Å². The summed E-state index contributed by atoms with van der Waals surface area (Å²) in [6, 6.07) is 0. The lowest BCUT2D eigenvalue weighted by Crippen LogP contribution is -2.25. The molecule has 11 heavy (non-hydrogen) atoms. The van der Waals surface area contributed by atoms with E-state index in [1.165, 1.54) is 6.42 Å². The van der Waals surface area contributed by atoms with Gasteiger partial charge < -0.3 is 0 Å². The van der Waals surface area contributed by atoms with Crippen molar-refractivity contribution in [1.82, 2.24) is 0 Å². The Bertz CT molecular complexity index is 156. The zero-order valence-corrected chi connectivity index (χ0v) is 7.90. The minimum atomic E-state index is -0.135. The van der Waals surface area contributed by atoms with Crippen molar-refractivity contribution in [3.8, 4) is 0 Å². The molecular formula is C9H15ClO. The van der Waals surface area contributed by atoms with Crippen molar-refractivity contribution in [2.45, 2.75) is 33.1 Å². The van der Waals surface area contributed by atoms with Gasteiger partial charge in [0.15, 0.2) is 0 Å². The van der Waals surface area contributed by atoms with Gasteiger partial charge >= 0.3 is 0 Å². The largest absolute Gasteiger partial charge is 0.281 e. The van der Waals surface area contributed by atoms with Crippen LogP contribution in [0, 0.1) is 17.8 Å². The molecule has 0 spiro atoms. The predicted molar refractivity (Wildman–Crippen MR) is 46.5 cm³/mol. The third-order valence-electron chi connectivity index (χ3n) is 2.75. The second-order valence-corrected chi connectivity index (χ2v) is 4.18. The molecule has 0 amide bonds. The highest BCUT2D eigenvalue weighted by atomic mass is 35.5. The normalized spacial score (nSPS) is 38.6. The Morgan fingerprint density at radius 2 is 2.00 bits per heavy atom. The highest BCUT2D eigenvalue weighted by Gasteiger charge is 2.29. The minimum absolute atomic E-state index is 0.125. The summed E-state index contributed by atoms with van der Waals surface area (Å²) in [7, 11) is 0. The summed E-state index contributed by atoms with van der Waals surface area (Å²) in [6.45, 7) is 4.32. The first kappa shape index (κ1) is 9.05. The number of carbonyl (C=O) groups is 1. The third kappa shape index (κ3) is 2.19. The molecule has 0 radical (unpaired) electrons. The van der Waals surface area contributed by atoms with Crippen LogP contribution in [0.3, 0.4) is 0 Å². The van der Waals surface area contributed by atoms with E-state index in [0.717, 1.165) is 12.8 Å². The molecular weight excluding hydrogens is 160 g/mol. The quantitative estimate of drug-likeness (QED) is 0.559. The maximum absolute atomic E-state index is 10.9. The van der Waals surface area contributed by atoms with Gasteiger partial charge in [-0.3, -0.25) is 4.79 Å². The van der Waals surface area contributed by atoms with E-state index in [4.69, 9.17) is 11.6 Å². The van der Waals surface area contributed by atoms with Crippen molar-refractivity contribution in [3.05, 3.63) is 0 Å². The standard InChI is InChI=1S/C9H15ClO/c1-6-3-4-7(2)8(5-6)9(10)11/h6-8H,3-5H2,1-2H3/t6-,7-,8-/m1/s1. The fourth-order valence-corrected chi connectivity index (χ4v) is 2.15. The van der Waals surface area contributed by atoms with Gasteiger partial charge in [-0.2, -0.15) is 0 Å². The van der Waals surface area contributed by atoms with Crippen LogP contribution in [0.5, 0.6) is 0 Å². The van der Waals surface area contributed by atoms with Crippen molar-refractivity contribution < 1.29 is 4.79 Å². The minimum Gasteiger partial charge on any atom is -0.281 e. The first-order valence-corrected chi connectivity index (χ1v) is 4.68. The number of hydrogen-bond acceptors (Lipinski definition) is 1. The Balaban J connectivity index is 2.54. The van der Waals surface area contributed by atoms with Crippen LogP contribution in [0.4, 0.5) is 0 Å². The molecule has 3 atom stereocenters. The van der Waals surface area contributed by atoms with Gasteiger partial charge in [0.2, 0.25) is 5.24 Å². The summed E-state index contributed by atoms with van der Waals surface area (Å²) in [5.41, 5.74) is 0. The predicted octanol–water partition coefficient (Wildman–Crippen LogP) is 2.82. The van der Waals surface area contributed by atoms with Gasteiger partial charge in [-0.25, -0.2) is 0 Å². The van der Waals surface area contributed by atoms with Crippen LogP contribution in [-0.4, -0.2) is 5.24 Å². The first-order chi connectivity index (χ1) is 5.11. The molecule has 1 aliphatic carbocycles. The summed E-state index contributed by atoms with van der Waals surface area (Å²) < 4.78 is 0. The topological polar surface area (TPSA) is 17.1 Å². The lowest BCUT2D eigenvalue weighted by Gasteiger charge is -2.29. The van der Waals surface area contributed by atoms with Crippen molar-refractivity contribution in [1.29, 1.82) is 0 Å². The van der Waals surface area contributed by atoms with E-state index in [1.807, 2.05) is 0 Å². The zero-order valence-electron chi connectivity index (χ0n) is 7.14. The molecule has 0 aromatic heterocycles. The van der Waals surface area contributed by atoms with Crippen molar-refractivity contribution >= 4 is 16.8 Å². The second kappa shape index (κ2) is 3.57. The zero-order chi connectivity index (χ0) is 8.43. The van der Waals surface area contributed by atoms with Crippen molar-refractivity contribution in [3.63, 3.8) is 0 Å². The molecule has 0 unspecified atom stereocenters. The van der Waals surface area contributed by atoms with Gasteiger partial charge in [0.1, 0.15) is 0 Å². The van der Waals surface area contributed by atoms with Crippen molar-refractivity contribution in [2.24, 2.45) is 17.8 Å². The Morgan fingerprint density at radius 1 is 1.36 bits per heavy atom. The molecule has 0 aromatic rings. The van der Waals surface area contributed by atoms with Crippen LogP contribution >= 0.6 is 11.6 Å². The second-order valence-electron chi connectivity index (χ2n) is 3.81. The number of carbonyl (C=O) groups excluding carboxylic acids is 1. The fraction of sp³-hybridized carbons (Fsp3) is 0.889. The lowest BCUT2D eigenvalue weighted by atomic mass is 9.76. The van der Waals surface area contributed by atoms with Crippen LogP contribution < -0.4 is 0 Å². The van der Waals surface area contributed by atoms with Gasteiger partial charge in [-0.15, -0.1) is 0 Å². The SMILES string of the molecule is C[C@@H]1CC[C@@H](C)[C@H](C(=O)Cl)C1. The Labute approximate surface area is 73.1 Å². The van der Waals surface area contributed by atoms with Crippen LogP contribution in [0.15, 0.2) is 0 Å². The van der Waals surface area contributed by atoms with E-state index >= 15 is 0 Å². The average molecular weight is 175 g/mol.